The molecule has 2 heterocycles. The molecule has 1 aliphatic heterocycles. The molecule has 2 aromatic rings. The molecule has 7 nitrogen and oxygen atoms in total. The number of amides is 1. The van der Waals surface area contributed by atoms with Gasteiger partial charge >= 0.3 is 0 Å². The lowest BCUT2D eigenvalue weighted by Gasteiger charge is -2.28. The Bertz CT molecular complexity index is 785. The molecule has 0 radical (unpaired) electrons. The molecule has 1 atom stereocenters. The minimum absolute atomic E-state index is 0.197. The van der Waals surface area contributed by atoms with Crippen molar-refractivity contribution in [1.82, 2.24) is 20.0 Å². The average Bonchev–Trinajstić information content (AvgIpc) is 2.94. The van der Waals surface area contributed by atoms with Gasteiger partial charge in [0.05, 0.1) is 40.9 Å². The summed E-state index contributed by atoms with van der Waals surface area (Å²) in [5.41, 5.74) is 3.38. The summed E-state index contributed by atoms with van der Waals surface area (Å²) in [6, 6.07) is 7.27. The first-order chi connectivity index (χ1) is 13.0. The van der Waals surface area contributed by atoms with E-state index in [2.05, 4.69) is 31.2 Å². The highest BCUT2D eigenvalue weighted by atomic mass is 79.9. The van der Waals surface area contributed by atoms with Gasteiger partial charge in [0.25, 0.3) is 5.91 Å². The number of halogens is 1. The van der Waals surface area contributed by atoms with Crippen molar-refractivity contribution in [2.24, 2.45) is 0 Å². The Morgan fingerprint density at radius 2 is 1.96 bits per heavy atom. The van der Waals surface area contributed by atoms with Gasteiger partial charge in [0, 0.05) is 31.7 Å². The fourth-order valence-electron chi connectivity index (χ4n) is 3.09. The van der Waals surface area contributed by atoms with Crippen molar-refractivity contribution in [3.8, 4) is 5.69 Å². The number of hydrogen-bond donors (Lipinski definition) is 2. The van der Waals surface area contributed by atoms with Crippen molar-refractivity contribution < 1.29 is 14.6 Å². The molecule has 1 fully saturated rings. The van der Waals surface area contributed by atoms with Gasteiger partial charge in [-0.25, -0.2) is 4.68 Å². The molecule has 1 aromatic carbocycles. The molecule has 8 heteroatoms. The van der Waals surface area contributed by atoms with Crippen LogP contribution in [-0.2, 0) is 4.74 Å². The van der Waals surface area contributed by atoms with Crippen LogP contribution in [0.3, 0.4) is 0 Å². The van der Waals surface area contributed by atoms with Gasteiger partial charge in [-0.1, -0.05) is 0 Å². The lowest BCUT2D eigenvalue weighted by atomic mass is 10.2. The monoisotopic (exact) mass is 436 g/mol. The fourth-order valence-corrected chi connectivity index (χ4v) is 3.34. The Hall–Kier alpha value is -1.74. The molecule has 27 heavy (non-hydrogen) atoms. The van der Waals surface area contributed by atoms with Crippen LogP contribution in [0, 0.1) is 13.8 Å². The van der Waals surface area contributed by atoms with Crippen LogP contribution in [0.1, 0.15) is 21.7 Å². The highest BCUT2D eigenvalue weighted by Gasteiger charge is 2.16. The first-order valence-corrected chi connectivity index (χ1v) is 9.83. The van der Waals surface area contributed by atoms with Crippen LogP contribution in [0.2, 0.25) is 0 Å². The van der Waals surface area contributed by atoms with Crippen LogP contribution in [0.15, 0.2) is 28.7 Å². The molecule has 3 rings (SSSR count). The van der Waals surface area contributed by atoms with Crippen LogP contribution in [0.25, 0.3) is 5.69 Å². The molecule has 1 amide bonds. The number of morpholine rings is 1. The van der Waals surface area contributed by atoms with Crippen LogP contribution < -0.4 is 5.32 Å². The summed E-state index contributed by atoms with van der Waals surface area (Å²) >= 11 is 3.52. The second kappa shape index (κ2) is 8.97. The molecule has 1 aromatic heterocycles. The maximum atomic E-state index is 12.3. The Kier molecular flexibility index (Phi) is 6.64. The predicted octanol–water partition coefficient (Wildman–Crippen LogP) is 1.67. The summed E-state index contributed by atoms with van der Waals surface area (Å²) in [5.74, 6) is -0.197. The number of hydrogen-bond acceptors (Lipinski definition) is 5. The van der Waals surface area contributed by atoms with E-state index in [0.717, 1.165) is 34.6 Å². The average molecular weight is 437 g/mol. The molecule has 2 N–H and O–H groups in total. The Morgan fingerprint density at radius 3 is 2.56 bits per heavy atom. The van der Waals surface area contributed by atoms with Crippen molar-refractivity contribution in [2.75, 3.05) is 39.4 Å². The Labute approximate surface area is 167 Å². The number of nitrogens with one attached hydrogen (secondary N) is 1. The van der Waals surface area contributed by atoms with Crippen molar-refractivity contribution in [2.45, 2.75) is 20.0 Å². The van der Waals surface area contributed by atoms with E-state index in [9.17, 15) is 9.90 Å². The molecule has 0 saturated carbocycles. The van der Waals surface area contributed by atoms with Gasteiger partial charge in [-0.15, -0.1) is 0 Å². The number of benzene rings is 1. The van der Waals surface area contributed by atoms with Gasteiger partial charge in [0.2, 0.25) is 0 Å². The number of β-amino-alcohol motifs (C(OH)–C–C–N with tert-alkyl or cyclic N) is 1. The zero-order valence-corrected chi connectivity index (χ0v) is 17.2. The third-order valence-corrected chi connectivity index (χ3v) is 5.80. The molecular weight excluding hydrogens is 412 g/mol. The predicted molar refractivity (Wildman–Crippen MR) is 106 cm³/mol. The van der Waals surface area contributed by atoms with Gasteiger partial charge in [0.15, 0.2) is 0 Å². The maximum Gasteiger partial charge on any atom is 0.251 e. The van der Waals surface area contributed by atoms with Crippen LogP contribution in [-0.4, -0.2) is 71.2 Å². The molecule has 1 aliphatic rings. The number of aliphatic hydroxyl groups excluding tert-OH is 1. The van der Waals surface area contributed by atoms with E-state index in [4.69, 9.17) is 4.74 Å². The summed E-state index contributed by atoms with van der Waals surface area (Å²) in [5, 5.41) is 17.4. The van der Waals surface area contributed by atoms with E-state index in [1.807, 2.05) is 30.7 Å². The number of carbonyl (C=O) groups is 1. The third-order valence-electron chi connectivity index (χ3n) is 4.65. The SMILES string of the molecule is Cc1nn(-c2ccc(C(=O)NCC(O)CN3CCOCC3)cc2)c(C)c1Br. The normalized spacial score (nSPS) is 16.3. The first kappa shape index (κ1) is 20.0. The second-order valence-electron chi connectivity index (χ2n) is 6.72. The van der Waals surface area contributed by atoms with Gasteiger partial charge in [-0.2, -0.15) is 5.10 Å². The minimum Gasteiger partial charge on any atom is -0.390 e. The van der Waals surface area contributed by atoms with Crippen LogP contribution in [0.4, 0.5) is 0 Å². The first-order valence-electron chi connectivity index (χ1n) is 9.04. The van der Waals surface area contributed by atoms with E-state index in [1.54, 1.807) is 12.1 Å². The molecule has 146 valence electrons. The van der Waals surface area contributed by atoms with Crippen LogP contribution in [0.5, 0.6) is 0 Å². The second-order valence-corrected chi connectivity index (χ2v) is 7.51. The quantitative estimate of drug-likeness (QED) is 0.719. The van der Waals surface area contributed by atoms with Crippen molar-refractivity contribution in [1.29, 1.82) is 0 Å². The highest BCUT2D eigenvalue weighted by molar-refractivity contribution is 9.10. The minimum atomic E-state index is -0.599. The number of nitrogens with zero attached hydrogens (tertiary/aromatic N) is 3. The molecular formula is C19H25BrN4O3. The van der Waals surface area contributed by atoms with Gasteiger partial charge in [0.1, 0.15) is 0 Å². The third kappa shape index (κ3) is 4.95. The standard InChI is InChI=1S/C19H25BrN4O3/c1-13-18(20)14(2)24(22-13)16-5-3-15(4-6-16)19(26)21-11-17(25)12-23-7-9-27-10-8-23/h3-6,17,25H,7-12H2,1-2H3,(H,21,26). The molecule has 0 aliphatic carbocycles. The smallest absolute Gasteiger partial charge is 0.251 e. The molecule has 0 spiro atoms. The maximum absolute atomic E-state index is 12.3. The Morgan fingerprint density at radius 1 is 1.30 bits per heavy atom. The van der Waals surface area contributed by atoms with E-state index < -0.39 is 6.10 Å². The van der Waals surface area contributed by atoms with Crippen molar-refractivity contribution in [3.63, 3.8) is 0 Å². The van der Waals surface area contributed by atoms with E-state index in [0.29, 0.717) is 25.3 Å². The topological polar surface area (TPSA) is 79.6 Å². The summed E-state index contributed by atoms with van der Waals surface area (Å²) in [7, 11) is 0. The lowest BCUT2D eigenvalue weighted by molar-refractivity contribution is 0.0149. The van der Waals surface area contributed by atoms with E-state index >= 15 is 0 Å². The summed E-state index contributed by atoms with van der Waals surface area (Å²) in [6.07, 6.45) is -0.599. The number of ether oxygens (including phenoxy) is 1. The zero-order chi connectivity index (χ0) is 19.4. The van der Waals surface area contributed by atoms with Gasteiger partial charge in [-0.05, 0) is 54.0 Å². The van der Waals surface area contributed by atoms with Crippen LogP contribution >= 0.6 is 15.9 Å². The molecule has 1 unspecified atom stereocenters. The largest absolute Gasteiger partial charge is 0.390 e. The van der Waals surface area contributed by atoms with E-state index in [-0.39, 0.29) is 12.5 Å². The summed E-state index contributed by atoms with van der Waals surface area (Å²) < 4.78 is 8.12. The highest BCUT2D eigenvalue weighted by Crippen LogP contribution is 2.23. The van der Waals surface area contributed by atoms with Crippen molar-refractivity contribution >= 4 is 21.8 Å². The van der Waals surface area contributed by atoms with Gasteiger partial charge in [-0.3, -0.25) is 9.69 Å². The number of aromatic nitrogens is 2. The zero-order valence-electron chi connectivity index (χ0n) is 15.6. The lowest BCUT2D eigenvalue weighted by Crippen LogP contribution is -2.44. The summed E-state index contributed by atoms with van der Waals surface area (Å²) in [6.45, 7) is 7.70. The van der Waals surface area contributed by atoms with Gasteiger partial charge < -0.3 is 15.2 Å². The fraction of sp³-hybridized carbons (Fsp3) is 0.474. The molecule has 1 saturated heterocycles. The van der Waals surface area contributed by atoms with E-state index in [1.165, 1.54) is 0 Å². The summed E-state index contributed by atoms with van der Waals surface area (Å²) in [4.78, 5) is 14.5. The molecule has 0 bridgehead atoms. The number of aliphatic hydroxyl groups is 1. The number of aryl methyl sites for hydroxylation is 1. The Balaban J connectivity index is 1.55. The number of carbonyl (C=O) groups excluding carboxylic acids is 1. The number of rotatable bonds is 6. The van der Waals surface area contributed by atoms with Crippen molar-refractivity contribution in [3.05, 3.63) is 45.7 Å².